The van der Waals surface area contributed by atoms with Crippen LogP contribution in [0.25, 0.3) is 11.0 Å². The molecule has 0 spiro atoms. The Labute approximate surface area is 210 Å². The number of carboxylic acids is 1. The molecule has 5 rings (SSSR count). The summed E-state index contributed by atoms with van der Waals surface area (Å²) in [5.41, 5.74) is 4.80. The highest BCUT2D eigenvalue weighted by molar-refractivity contribution is 5.82. The van der Waals surface area contributed by atoms with E-state index >= 15 is 0 Å². The van der Waals surface area contributed by atoms with Crippen molar-refractivity contribution in [3.05, 3.63) is 65.0 Å². The first kappa shape index (κ1) is 24.3. The molecule has 2 aliphatic rings. The standard InChI is InChI=1S/C28H33N3O5/c1-17(25(32)19-6-4-3-5-7-19)31-23-13-12-18-14-15-30(28(35)36-2)16-22(18)24(23)29-26(31)20-8-10-21(11-9-20)27(33)34/h3-7,12-13,17,20-21,25,32H,8-11,14-16H2,1-2H3,(H,33,34)/t17-,20-,21-,25-/m1/s1. The van der Waals surface area contributed by atoms with E-state index in [-0.39, 0.29) is 24.0 Å². The van der Waals surface area contributed by atoms with Gasteiger partial charge in [0.25, 0.3) is 0 Å². The number of aliphatic carboxylic acids is 1. The number of hydrogen-bond acceptors (Lipinski definition) is 5. The number of nitrogens with zero attached hydrogens (tertiary/aromatic N) is 3. The Kier molecular flexibility index (Phi) is 6.71. The average molecular weight is 492 g/mol. The number of methoxy groups -OCH3 is 1. The zero-order valence-electron chi connectivity index (χ0n) is 20.8. The number of carbonyl (C=O) groups excluding carboxylic acids is 1. The smallest absolute Gasteiger partial charge is 0.409 e. The summed E-state index contributed by atoms with van der Waals surface area (Å²) in [4.78, 5) is 30.7. The van der Waals surface area contributed by atoms with Crippen molar-refractivity contribution in [1.29, 1.82) is 0 Å². The van der Waals surface area contributed by atoms with Gasteiger partial charge in [-0.25, -0.2) is 9.78 Å². The Bertz CT molecular complexity index is 1260. The highest BCUT2D eigenvalue weighted by Crippen LogP contribution is 2.41. The largest absolute Gasteiger partial charge is 0.481 e. The number of rotatable bonds is 5. The Morgan fingerprint density at radius 2 is 1.81 bits per heavy atom. The van der Waals surface area contributed by atoms with Crippen molar-refractivity contribution in [3.8, 4) is 0 Å². The van der Waals surface area contributed by atoms with E-state index < -0.39 is 12.1 Å². The quantitative estimate of drug-likeness (QED) is 0.531. The lowest BCUT2D eigenvalue weighted by atomic mass is 9.81. The number of imidazole rings is 1. The second-order valence-electron chi connectivity index (χ2n) is 10.0. The molecule has 36 heavy (non-hydrogen) atoms. The molecule has 1 fully saturated rings. The summed E-state index contributed by atoms with van der Waals surface area (Å²) >= 11 is 0. The van der Waals surface area contributed by atoms with Crippen molar-refractivity contribution in [1.82, 2.24) is 14.5 Å². The second-order valence-corrected chi connectivity index (χ2v) is 10.0. The molecule has 1 amide bonds. The highest BCUT2D eigenvalue weighted by atomic mass is 16.5. The highest BCUT2D eigenvalue weighted by Gasteiger charge is 2.34. The van der Waals surface area contributed by atoms with Gasteiger partial charge in [0.05, 0.1) is 42.8 Å². The minimum Gasteiger partial charge on any atom is -0.481 e. The maximum atomic E-state index is 12.3. The Balaban J connectivity index is 1.60. The predicted molar refractivity (Wildman–Crippen MR) is 135 cm³/mol. The van der Waals surface area contributed by atoms with E-state index in [1.54, 1.807) is 4.90 Å². The molecule has 0 saturated heterocycles. The van der Waals surface area contributed by atoms with Gasteiger partial charge >= 0.3 is 12.1 Å². The number of carbonyl (C=O) groups is 2. The average Bonchev–Trinajstić information content (AvgIpc) is 3.32. The van der Waals surface area contributed by atoms with Gasteiger partial charge in [0, 0.05) is 18.0 Å². The number of fused-ring (bicyclic) bond motifs is 3. The fourth-order valence-corrected chi connectivity index (χ4v) is 5.88. The van der Waals surface area contributed by atoms with Crippen LogP contribution in [0.1, 0.15) is 73.2 Å². The molecule has 2 atom stereocenters. The molecule has 2 N–H and O–H groups in total. The third-order valence-corrected chi connectivity index (χ3v) is 7.97. The van der Waals surface area contributed by atoms with Crippen LogP contribution >= 0.6 is 0 Å². The lowest BCUT2D eigenvalue weighted by Crippen LogP contribution is -2.35. The van der Waals surface area contributed by atoms with Crippen LogP contribution in [0.15, 0.2) is 42.5 Å². The maximum absolute atomic E-state index is 12.3. The number of hydrogen-bond donors (Lipinski definition) is 2. The van der Waals surface area contributed by atoms with E-state index in [9.17, 15) is 19.8 Å². The summed E-state index contributed by atoms with van der Waals surface area (Å²) in [5.74, 6) is -0.0473. The maximum Gasteiger partial charge on any atom is 0.409 e. The van der Waals surface area contributed by atoms with Gasteiger partial charge in [-0.05, 0) is 56.2 Å². The summed E-state index contributed by atoms with van der Waals surface area (Å²) < 4.78 is 7.12. The van der Waals surface area contributed by atoms with Gasteiger partial charge in [-0.3, -0.25) is 4.79 Å². The molecular formula is C28H33N3O5. The minimum absolute atomic E-state index is 0.106. The number of carboxylic acid groups (broad SMARTS) is 1. The normalized spacial score (nSPS) is 21.6. The van der Waals surface area contributed by atoms with Crippen LogP contribution in [0.5, 0.6) is 0 Å². The van der Waals surface area contributed by atoms with E-state index in [2.05, 4.69) is 16.7 Å². The van der Waals surface area contributed by atoms with Crippen molar-refractivity contribution < 1.29 is 24.5 Å². The lowest BCUT2D eigenvalue weighted by molar-refractivity contribution is -0.142. The molecule has 1 saturated carbocycles. The number of benzene rings is 2. The van der Waals surface area contributed by atoms with Gasteiger partial charge in [-0.1, -0.05) is 36.4 Å². The van der Waals surface area contributed by atoms with Gasteiger partial charge in [0.1, 0.15) is 5.82 Å². The molecule has 2 aromatic carbocycles. The van der Waals surface area contributed by atoms with E-state index in [0.717, 1.165) is 47.2 Å². The van der Waals surface area contributed by atoms with Crippen molar-refractivity contribution >= 4 is 23.1 Å². The third-order valence-electron chi connectivity index (χ3n) is 7.97. The first-order valence-corrected chi connectivity index (χ1v) is 12.7. The minimum atomic E-state index is -0.736. The molecule has 1 aliphatic heterocycles. The number of amides is 1. The van der Waals surface area contributed by atoms with Crippen LogP contribution in [-0.2, 0) is 22.5 Å². The second kappa shape index (κ2) is 9.93. The van der Waals surface area contributed by atoms with Gasteiger partial charge in [0.15, 0.2) is 0 Å². The van der Waals surface area contributed by atoms with E-state index in [1.165, 1.54) is 12.7 Å². The summed E-state index contributed by atoms with van der Waals surface area (Å²) in [5, 5.41) is 20.8. The number of aliphatic hydroxyl groups is 1. The van der Waals surface area contributed by atoms with Gasteiger partial charge in [-0.2, -0.15) is 0 Å². The zero-order chi connectivity index (χ0) is 25.4. The molecule has 0 radical (unpaired) electrons. The first-order chi connectivity index (χ1) is 17.4. The molecular weight excluding hydrogens is 458 g/mol. The number of aromatic nitrogens is 2. The number of ether oxygens (including phenoxy) is 1. The molecule has 8 heteroatoms. The van der Waals surface area contributed by atoms with Crippen LogP contribution in [0.2, 0.25) is 0 Å². The van der Waals surface area contributed by atoms with Crippen molar-refractivity contribution in [2.75, 3.05) is 13.7 Å². The monoisotopic (exact) mass is 491 g/mol. The molecule has 3 aromatic rings. The van der Waals surface area contributed by atoms with Crippen molar-refractivity contribution in [3.63, 3.8) is 0 Å². The Morgan fingerprint density at radius 1 is 1.08 bits per heavy atom. The molecule has 190 valence electrons. The Hall–Kier alpha value is -3.39. The van der Waals surface area contributed by atoms with E-state index in [0.29, 0.717) is 25.9 Å². The first-order valence-electron chi connectivity index (χ1n) is 12.7. The summed E-state index contributed by atoms with van der Waals surface area (Å²) in [7, 11) is 1.39. The molecule has 8 nitrogen and oxygen atoms in total. The fraction of sp³-hybridized carbons (Fsp3) is 0.464. The topological polar surface area (TPSA) is 105 Å². The van der Waals surface area contributed by atoms with Crippen molar-refractivity contribution in [2.45, 2.75) is 63.6 Å². The SMILES string of the molecule is COC(=O)N1CCc2ccc3c(nc([C@H]4CC[C@H](C(=O)O)CC4)n3[C@H](C)[C@@H](O)c3ccccc3)c2C1. The zero-order valence-corrected chi connectivity index (χ0v) is 20.8. The van der Waals surface area contributed by atoms with Crippen LogP contribution in [0.3, 0.4) is 0 Å². The lowest BCUT2D eigenvalue weighted by Gasteiger charge is -2.30. The Morgan fingerprint density at radius 3 is 2.47 bits per heavy atom. The fourth-order valence-electron chi connectivity index (χ4n) is 5.88. The number of aliphatic hydroxyl groups excluding tert-OH is 1. The molecule has 0 unspecified atom stereocenters. The third kappa shape index (κ3) is 4.34. The molecule has 2 heterocycles. The predicted octanol–water partition coefficient (Wildman–Crippen LogP) is 4.81. The van der Waals surface area contributed by atoms with Crippen LogP contribution < -0.4 is 0 Å². The van der Waals surface area contributed by atoms with Gasteiger partial charge in [0.2, 0.25) is 0 Å². The van der Waals surface area contributed by atoms with E-state index in [4.69, 9.17) is 9.72 Å². The van der Waals surface area contributed by atoms with Gasteiger partial charge < -0.3 is 24.4 Å². The molecule has 1 aromatic heterocycles. The summed E-state index contributed by atoms with van der Waals surface area (Å²) in [6.07, 6.45) is 2.36. The molecule has 1 aliphatic carbocycles. The van der Waals surface area contributed by atoms with Crippen LogP contribution in [0.4, 0.5) is 4.79 Å². The van der Waals surface area contributed by atoms with Crippen LogP contribution in [-0.4, -0.2) is 50.4 Å². The summed E-state index contributed by atoms with van der Waals surface area (Å²) in [6.45, 7) is 3.03. The van der Waals surface area contributed by atoms with E-state index in [1.807, 2.05) is 37.3 Å². The molecule has 0 bridgehead atoms. The van der Waals surface area contributed by atoms with Crippen molar-refractivity contribution in [2.24, 2.45) is 5.92 Å². The van der Waals surface area contributed by atoms with Gasteiger partial charge in [-0.15, -0.1) is 0 Å². The van der Waals surface area contributed by atoms with Crippen LogP contribution in [0, 0.1) is 5.92 Å². The summed E-state index contributed by atoms with van der Waals surface area (Å²) in [6, 6.07) is 13.5.